The second-order valence-corrected chi connectivity index (χ2v) is 4.13. The van der Waals surface area contributed by atoms with Gasteiger partial charge in [-0.15, -0.1) is 10.2 Å². The van der Waals surface area contributed by atoms with Gasteiger partial charge in [0.1, 0.15) is 11.9 Å². The van der Waals surface area contributed by atoms with E-state index < -0.39 is 0 Å². The van der Waals surface area contributed by atoms with Crippen LogP contribution in [0.5, 0.6) is 0 Å². The van der Waals surface area contributed by atoms with E-state index in [9.17, 15) is 0 Å². The van der Waals surface area contributed by atoms with E-state index in [1.165, 1.54) is 12.8 Å². The van der Waals surface area contributed by atoms with Crippen LogP contribution < -0.4 is 0 Å². The van der Waals surface area contributed by atoms with Crippen molar-refractivity contribution in [3.8, 4) is 6.07 Å². The maximum Gasteiger partial charge on any atom is 0.213 e. The molecule has 2 aromatic rings. The molecule has 0 N–H and O–H groups in total. The zero-order chi connectivity index (χ0) is 11.7. The van der Waals surface area contributed by atoms with Crippen molar-refractivity contribution in [1.82, 2.24) is 24.3 Å². The van der Waals surface area contributed by atoms with Crippen LogP contribution in [0.25, 0.3) is 0 Å². The summed E-state index contributed by atoms with van der Waals surface area (Å²) < 4.78 is 3.95. The van der Waals surface area contributed by atoms with Gasteiger partial charge in [0, 0.05) is 25.4 Å². The Hall–Kier alpha value is -2.16. The predicted octanol–water partition coefficient (Wildman–Crippen LogP) is 0.731. The molecule has 3 rings (SSSR count). The first kappa shape index (κ1) is 10.0. The molecule has 3 heterocycles. The zero-order valence-electron chi connectivity index (χ0n) is 9.37. The van der Waals surface area contributed by atoms with Gasteiger partial charge in [-0.1, -0.05) is 0 Å². The lowest BCUT2D eigenvalue weighted by molar-refractivity contribution is 0.501. The number of hydrogen-bond donors (Lipinski definition) is 0. The minimum atomic E-state index is 0.415. The number of nitrogens with zero attached hydrogens (tertiary/aromatic N) is 6. The molecular weight excluding hydrogens is 216 g/mol. The molecular formula is C11H12N6. The van der Waals surface area contributed by atoms with Crippen molar-refractivity contribution >= 4 is 0 Å². The Morgan fingerprint density at radius 1 is 1.35 bits per heavy atom. The summed E-state index contributed by atoms with van der Waals surface area (Å²) in [6, 6.07) is 2.06. The number of aromatic nitrogens is 5. The highest BCUT2D eigenvalue weighted by Gasteiger charge is 2.16. The van der Waals surface area contributed by atoms with Crippen molar-refractivity contribution in [2.24, 2.45) is 0 Å². The van der Waals surface area contributed by atoms with E-state index in [2.05, 4.69) is 25.8 Å². The average molecular weight is 228 g/mol. The minimum Gasteiger partial charge on any atom is -0.315 e. The molecule has 0 aliphatic carbocycles. The first-order chi connectivity index (χ1) is 8.38. The van der Waals surface area contributed by atoms with Gasteiger partial charge in [-0.05, 0) is 12.8 Å². The first-order valence-corrected chi connectivity index (χ1v) is 5.70. The number of imidazole rings is 1. The Morgan fingerprint density at radius 2 is 2.29 bits per heavy atom. The van der Waals surface area contributed by atoms with E-state index in [-0.39, 0.29) is 0 Å². The van der Waals surface area contributed by atoms with E-state index in [0.29, 0.717) is 12.4 Å². The number of aryl methyl sites for hydroxylation is 1. The van der Waals surface area contributed by atoms with Crippen LogP contribution in [-0.4, -0.2) is 24.3 Å². The van der Waals surface area contributed by atoms with E-state index in [0.717, 1.165) is 24.6 Å². The van der Waals surface area contributed by atoms with E-state index in [4.69, 9.17) is 5.26 Å². The monoisotopic (exact) mass is 228 g/mol. The Balaban J connectivity index is 1.91. The summed E-state index contributed by atoms with van der Waals surface area (Å²) in [4.78, 5) is 3.97. The number of fused-ring (bicyclic) bond motifs is 1. The molecule has 1 aliphatic heterocycles. The number of nitriles is 1. The fourth-order valence-electron chi connectivity index (χ4n) is 2.19. The maximum absolute atomic E-state index is 8.90. The molecule has 6 nitrogen and oxygen atoms in total. The SMILES string of the molecule is N#Cc1nccn1Cc1nnc2n1CCCC2. The fourth-order valence-corrected chi connectivity index (χ4v) is 2.19. The van der Waals surface area contributed by atoms with Gasteiger partial charge >= 0.3 is 0 Å². The Bertz CT molecular complexity index is 573. The average Bonchev–Trinajstić information content (AvgIpc) is 2.97. The minimum absolute atomic E-state index is 0.415. The summed E-state index contributed by atoms with van der Waals surface area (Å²) >= 11 is 0. The second kappa shape index (κ2) is 4.01. The molecule has 0 atom stereocenters. The Morgan fingerprint density at radius 3 is 3.18 bits per heavy atom. The summed E-state index contributed by atoms with van der Waals surface area (Å²) in [7, 11) is 0. The van der Waals surface area contributed by atoms with Gasteiger partial charge in [0.15, 0.2) is 5.82 Å². The fraction of sp³-hybridized carbons (Fsp3) is 0.455. The van der Waals surface area contributed by atoms with Crippen molar-refractivity contribution in [3.05, 3.63) is 29.9 Å². The summed E-state index contributed by atoms with van der Waals surface area (Å²) in [5.74, 6) is 2.39. The Kier molecular flexibility index (Phi) is 2.37. The third-order valence-electron chi connectivity index (χ3n) is 3.06. The molecule has 0 saturated carbocycles. The van der Waals surface area contributed by atoms with Crippen LogP contribution in [0.2, 0.25) is 0 Å². The molecule has 0 amide bonds. The second-order valence-electron chi connectivity index (χ2n) is 4.13. The largest absolute Gasteiger partial charge is 0.315 e. The van der Waals surface area contributed by atoms with Gasteiger partial charge in [-0.25, -0.2) is 4.98 Å². The van der Waals surface area contributed by atoms with Crippen molar-refractivity contribution in [2.45, 2.75) is 32.4 Å². The Labute approximate surface area is 98.5 Å². The predicted molar refractivity (Wildman–Crippen MR) is 59.0 cm³/mol. The van der Waals surface area contributed by atoms with Crippen molar-refractivity contribution < 1.29 is 0 Å². The molecule has 0 bridgehead atoms. The summed E-state index contributed by atoms with van der Waals surface area (Å²) in [5.41, 5.74) is 0. The quantitative estimate of drug-likeness (QED) is 0.759. The zero-order valence-corrected chi connectivity index (χ0v) is 9.37. The molecule has 2 aromatic heterocycles. The van der Waals surface area contributed by atoms with E-state index in [1.807, 2.05) is 0 Å². The summed E-state index contributed by atoms with van der Waals surface area (Å²) in [5, 5.41) is 17.3. The van der Waals surface area contributed by atoms with Crippen molar-refractivity contribution in [3.63, 3.8) is 0 Å². The van der Waals surface area contributed by atoms with Crippen LogP contribution in [0.4, 0.5) is 0 Å². The van der Waals surface area contributed by atoms with E-state index >= 15 is 0 Å². The van der Waals surface area contributed by atoms with Crippen molar-refractivity contribution in [2.75, 3.05) is 0 Å². The van der Waals surface area contributed by atoms with Gasteiger partial charge in [0.25, 0.3) is 0 Å². The smallest absolute Gasteiger partial charge is 0.213 e. The lowest BCUT2D eigenvalue weighted by atomic mass is 10.2. The first-order valence-electron chi connectivity index (χ1n) is 5.70. The standard InChI is InChI=1S/C11H12N6/c12-7-10-13-4-6-16(10)8-11-15-14-9-3-1-2-5-17(9)11/h4,6H,1-3,5,8H2. The molecule has 6 heteroatoms. The molecule has 0 unspecified atom stereocenters. The molecule has 0 aromatic carbocycles. The number of hydrogen-bond acceptors (Lipinski definition) is 4. The molecule has 86 valence electrons. The van der Waals surface area contributed by atoms with Gasteiger partial charge in [0.2, 0.25) is 5.82 Å². The molecule has 0 radical (unpaired) electrons. The molecule has 0 fully saturated rings. The molecule has 17 heavy (non-hydrogen) atoms. The van der Waals surface area contributed by atoms with Crippen LogP contribution in [0, 0.1) is 11.3 Å². The van der Waals surface area contributed by atoms with Crippen LogP contribution >= 0.6 is 0 Å². The highest BCUT2D eigenvalue weighted by molar-refractivity contribution is 5.13. The van der Waals surface area contributed by atoms with Crippen LogP contribution in [-0.2, 0) is 19.5 Å². The highest BCUT2D eigenvalue weighted by atomic mass is 15.3. The summed E-state index contributed by atoms with van der Waals surface area (Å²) in [6.07, 6.45) is 6.79. The van der Waals surface area contributed by atoms with Gasteiger partial charge in [-0.2, -0.15) is 5.26 Å². The van der Waals surface area contributed by atoms with Gasteiger partial charge in [-0.3, -0.25) is 0 Å². The molecule has 0 spiro atoms. The van der Waals surface area contributed by atoms with E-state index in [1.54, 1.807) is 17.0 Å². The van der Waals surface area contributed by atoms with Crippen LogP contribution in [0.3, 0.4) is 0 Å². The maximum atomic E-state index is 8.90. The third-order valence-corrected chi connectivity index (χ3v) is 3.06. The van der Waals surface area contributed by atoms with Crippen LogP contribution in [0.15, 0.2) is 12.4 Å². The topological polar surface area (TPSA) is 72.3 Å². The van der Waals surface area contributed by atoms with Crippen molar-refractivity contribution in [1.29, 1.82) is 5.26 Å². The normalized spacial score (nSPS) is 14.3. The van der Waals surface area contributed by atoms with Gasteiger partial charge in [0.05, 0.1) is 6.54 Å². The van der Waals surface area contributed by atoms with Crippen LogP contribution in [0.1, 0.15) is 30.3 Å². The molecule has 1 aliphatic rings. The lowest BCUT2D eigenvalue weighted by Gasteiger charge is -2.14. The lowest BCUT2D eigenvalue weighted by Crippen LogP contribution is -2.15. The highest BCUT2D eigenvalue weighted by Crippen LogP contribution is 2.15. The third kappa shape index (κ3) is 1.69. The summed E-state index contributed by atoms with van der Waals surface area (Å²) in [6.45, 7) is 1.55. The molecule has 0 saturated heterocycles. The van der Waals surface area contributed by atoms with Gasteiger partial charge < -0.3 is 9.13 Å². The number of rotatable bonds is 2.